The van der Waals surface area contributed by atoms with Crippen LogP contribution in [-0.2, 0) is 13.0 Å². The summed E-state index contributed by atoms with van der Waals surface area (Å²) >= 11 is 3.40. The molecule has 114 valence electrons. The molecule has 3 rings (SSSR count). The number of anilines is 2. The van der Waals surface area contributed by atoms with Gasteiger partial charge in [-0.3, -0.25) is 0 Å². The molecule has 0 atom stereocenters. The average Bonchev–Trinajstić information content (AvgIpc) is 2.47. The van der Waals surface area contributed by atoms with Crippen molar-refractivity contribution in [3.63, 3.8) is 0 Å². The zero-order valence-electron chi connectivity index (χ0n) is 12.4. The number of benzene rings is 2. The van der Waals surface area contributed by atoms with Crippen LogP contribution in [0.5, 0.6) is 0 Å². The van der Waals surface area contributed by atoms with E-state index in [0.29, 0.717) is 0 Å². The van der Waals surface area contributed by atoms with Gasteiger partial charge in [0.05, 0.1) is 0 Å². The van der Waals surface area contributed by atoms with E-state index in [1.54, 1.807) is 0 Å². The predicted octanol–water partition coefficient (Wildman–Crippen LogP) is 4.08. The highest BCUT2D eigenvalue weighted by molar-refractivity contribution is 9.10. The van der Waals surface area contributed by atoms with Crippen molar-refractivity contribution in [1.29, 1.82) is 0 Å². The number of hydrogen-bond acceptors (Lipinski definition) is 2. The Kier molecular flexibility index (Phi) is 4.45. The molecule has 5 heteroatoms. The van der Waals surface area contributed by atoms with Gasteiger partial charge in [0.15, 0.2) is 0 Å². The predicted molar refractivity (Wildman–Crippen MR) is 93.3 cm³/mol. The van der Waals surface area contributed by atoms with Crippen LogP contribution >= 0.6 is 15.9 Å². The monoisotopic (exact) mass is 359 g/mol. The Morgan fingerprint density at radius 2 is 2.00 bits per heavy atom. The van der Waals surface area contributed by atoms with E-state index in [-0.39, 0.29) is 6.03 Å². The molecule has 0 fully saturated rings. The summed E-state index contributed by atoms with van der Waals surface area (Å²) < 4.78 is 0.936. The lowest BCUT2D eigenvalue weighted by atomic mass is 9.98. The van der Waals surface area contributed by atoms with E-state index in [0.717, 1.165) is 35.4 Å². The molecule has 22 heavy (non-hydrogen) atoms. The van der Waals surface area contributed by atoms with E-state index in [1.165, 1.54) is 11.1 Å². The fraction of sp³-hybridized carbons (Fsp3) is 0.235. The molecule has 0 aromatic heterocycles. The molecular formula is C17H18BrN3O. The molecule has 2 amide bonds. The highest BCUT2D eigenvalue weighted by atomic mass is 79.9. The summed E-state index contributed by atoms with van der Waals surface area (Å²) in [5.74, 6) is 0. The lowest BCUT2D eigenvalue weighted by Crippen LogP contribution is -2.28. The third-order valence-corrected chi connectivity index (χ3v) is 4.28. The van der Waals surface area contributed by atoms with Gasteiger partial charge in [-0.25, -0.2) is 4.79 Å². The van der Waals surface area contributed by atoms with Gasteiger partial charge < -0.3 is 15.5 Å². The molecule has 0 bridgehead atoms. The maximum atomic E-state index is 12.2. The van der Waals surface area contributed by atoms with Gasteiger partial charge in [-0.05, 0) is 48.9 Å². The van der Waals surface area contributed by atoms with E-state index < -0.39 is 0 Å². The van der Waals surface area contributed by atoms with Crippen molar-refractivity contribution in [2.24, 2.45) is 0 Å². The van der Waals surface area contributed by atoms with Crippen LogP contribution in [0.15, 0.2) is 46.9 Å². The van der Waals surface area contributed by atoms with E-state index in [4.69, 9.17) is 0 Å². The minimum atomic E-state index is -0.217. The van der Waals surface area contributed by atoms with Crippen LogP contribution in [0.3, 0.4) is 0 Å². The van der Waals surface area contributed by atoms with Crippen LogP contribution in [0, 0.1) is 0 Å². The highest BCUT2D eigenvalue weighted by Crippen LogP contribution is 2.26. The molecule has 2 aromatic rings. The van der Waals surface area contributed by atoms with E-state index in [1.807, 2.05) is 36.4 Å². The number of amides is 2. The van der Waals surface area contributed by atoms with Gasteiger partial charge in [-0.2, -0.15) is 0 Å². The zero-order chi connectivity index (χ0) is 15.5. The van der Waals surface area contributed by atoms with Crippen molar-refractivity contribution in [2.45, 2.75) is 13.0 Å². The molecule has 0 spiro atoms. The summed E-state index contributed by atoms with van der Waals surface area (Å²) in [7, 11) is 2.11. The first kappa shape index (κ1) is 15.1. The molecule has 0 saturated carbocycles. The van der Waals surface area contributed by atoms with Crippen molar-refractivity contribution in [3.05, 3.63) is 58.1 Å². The summed E-state index contributed by atoms with van der Waals surface area (Å²) in [6, 6.07) is 13.4. The number of halogens is 1. The first-order chi connectivity index (χ1) is 10.6. The molecule has 0 unspecified atom stereocenters. The second kappa shape index (κ2) is 6.50. The molecule has 0 saturated heterocycles. The summed E-state index contributed by atoms with van der Waals surface area (Å²) in [6.07, 6.45) is 0.958. The van der Waals surface area contributed by atoms with Gasteiger partial charge in [0.1, 0.15) is 0 Å². The van der Waals surface area contributed by atoms with Crippen LogP contribution < -0.4 is 10.6 Å². The average molecular weight is 360 g/mol. The van der Waals surface area contributed by atoms with Gasteiger partial charge in [0.25, 0.3) is 0 Å². The van der Waals surface area contributed by atoms with Gasteiger partial charge in [-0.1, -0.05) is 34.1 Å². The van der Waals surface area contributed by atoms with Crippen LogP contribution in [-0.4, -0.2) is 24.5 Å². The quantitative estimate of drug-likeness (QED) is 0.848. The van der Waals surface area contributed by atoms with Crippen molar-refractivity contribution >= 4 is 33.3 Å². The molecule has 1 aliphatic heterocycles. The summed E-state index contributed by atoms with van der Waals surface area (Å²) in [4.78, 5) is 14.5. The smallest absolute Gasteiger partial charge is 0.308 e. The Labute approximate surface area is 138 Å². The summed E-state index contributed by atoms with van der Waals surface area (Å²) in [6.45, 7) is 1.94. The zero-order valence-corrected chi connectivity index (χ0v) is 14.0. The molecule has 4 nitrogen and oxygen atoms in total. The van der Waals surface area contributed by atoms with Gasteiger partial charge >= 0.3 is 6.03 Å². The molecule has 2 aromatic carbocycles. The van der Waals surface area contributed by atoms with Gasteiger partial charge in [-0.15, -0.1) is 0 Å². The van der Waals surface area contributed by atoms with Crippen molar-refractivity contribution in [2.75, 3.05) is 24.2 Å². The molecule has 0 radical (unpaired) electrons. The Balaban J connectivity index is 1.73. The summed E-state index contributed by atoms with van der Waals surface area (Å²) in [5, 5.41) is 5.83. The highest BCUT2D eigenvalue weighted by Gasteiger charge is 2.17. The molecular weight excluding hydrogens is 342 g/mol. The number of nitrogens with one attached hydrogen (secondary N) is 2. The van der Waals surface area contributed by atoms with E-state index in [9.17, 15) is 4.79 Å². The number of carbonyl (C=O) groups is 1. The van der Waals surface area contributed by atoms with Gasteiger partial charge in [0.2, 0.25) is 0 Å². The van der Waals surface area contributed by atoms with E-state index >= 15 is 0 Å². The largest absolute Gasteiger partial charge is 0.323 e. The minimum Gasteiger partial charge on any atom is -0.308 e. The lowest BCUT2D eigenvalue weighted by molar-refractivity contribution is 0.262. The first-order valence-electron chi connectivity index (χ1n) is 7.25. The molecule has 2 N–H and O–H groups in total. The second-order valence-corrected chi connectivity index (χ2v) is 6.44. The normalized spacial score (nSPS) is 14.3. The third-order valence-electron chi connectivity index (χ3n) is 3.79. The molecule has 1 aliphatic rings. The Bertz CT molecular complexity index is 702. The third kappa shape index (κ3) is 3.48. The fourth-order valence-corrected chi connectivity index (χ4v) is 3.12. The number of carbonyl (C=O) groups excluding carboxylic acids is 1. The van der Waals surface area contributed by atoms with Crippen LogP contribution in [0.4, 0.5) is 16.2 Å². The maximum Gasteiger partial charge on any atom is 0.323 e. The standard InChI is InChI=1S/C17H18BrN3O/c1-21-9-8-15-12(11-21)4-2-7-16(15)20-17(22)19-14-6-3-5-13(18)10-14/h2-7,10H,8-9,11H2,1H3,(H2,19,20,22). The minimum absolute atomic E-state index is 0.217. The lowest BCUT2D eigenvalue weighted by Gasteiger charge is -2.26. The number of urea groups is 1. The van der Waals surface area contributed by atoms with Crippen molar-refractivity contribution in [3.8, 4) is 0 Å². The van der Waals surface area contributed by atoms with Gasteiger partial charge in [0, 0.05) is 28.9 Å². The Morgan fingerprint density at radius 1 is 1.18 bits per heavy atom. The number of hydrogen-bond donors (Lipinski definition) is 2. The van der Waals surface area contributed by atoms with Crippen LogP contribution in [0.1, 0.15) is 11.1 Å². The van der Waals surface area contributed by atoms with E-state index in [2.05, 4.69) is 44.6 Å². The Hall–Kier alpha value is -1.85. The second-order valence-electron chi connectivity index (χ2n) is 5.52. The number of nitrogens with zero attached hydrogens (tertiary/aromatic N) is 1. The first-order valence-corrected chi connectivity index (χ1v) is 8.04. The SMILES string of the molecule is CN1CCc2c(cccc2NC(=O)Nc2cccc(Br)c2)C1. The maximum absolute atomic E-state index is 12.2. The molecule has 0 aliphatic carbocycles. The van der Waals surface area contributed by atoms with Crippen LogP contribution in [0.2, 0.25) is 0 Å². The number of fused-ring (bicyclic) bond motifs is 1. The van der Waals surface area contributed by atoms with Crippen molar-refractivity contribution in [1.82, 2.24) is 4.90 Å². The summed E-state index contributed by atoms with van der Waals surface area (Å²) in [5.41, 5.74) is 4.19. The number of rotatable bonds is 2. The Morgan fingerprint density at radius 3 is 2.82 bits per heavy atom. The number of likely N-dealkylation sites (N-methyl/N-ethyl adjacent to an activating group) is 1. The van der Waals surface area contributed by atoms with Crippen LogP contribution in [0.25, 0.3) is 0 Å². The topological polar surface area (TPSA) is 44.4 Å². The van der Waals surface area contributed by atoms with Crippen molar-refractivity contribution < 1.29 is 4.79 Å². The molecule has 1 heterocycles. The fourth-order valence-electron chi connectivity index (χ4n) is 2.72.